The molecule has 96 valence electrons. The van der Waals surface area contributed by atoms with Crippen LogP contribution < -0.4 is 5.32 Å². The van der Waals surface area contributed by atoms with Crippen molar-refractivity contribution in [1.29, 1.82) is 0 Å². The summed E-state index contributed by atoms with van der Waals surface area (Å²) in [5.41, 5.74) is 2.23. The fourth-order valence-corrected chi connectivity index (χ4v) is 2.07. The summed E-state index contributed by atoms with van der Waals surface area (Å²) in [6, 6.07) is 11.0. The molecule has 3 heteroatoms. The number of aryl methyl sites for hydroxylation is 1. The molecule has 1 atom stereocenters. The molecule has 1 aromatic heterocycles. The molecule has 0 fully saturated rings. The maximum Gasteiger partial charge on any atom is 0.123 e. The predicted octanol–water partition coefficient (Wildman–Crippen LogP) is 3.50. The minimum Gasteiger partial charge on any atom is -0.351 e. The molecule has 1 heterocycles. The number of benzene rings is 1. The predicted molar refractivity (Wildman–Crippen MR) is 71.8 cm³/mol. The van der Waals surface area contributed by atoms with Gasteiger partial charge in [0.05, 0.1) is 0 Å². The van der Waals surface area contributed by atoms with Crippen LogP contribution in [0.5, 0.6) is 0 Å². The number of aromatic nitrogens is 1. The van der Waals surface area contributed by atoms with Crippen LogP contribution in [0.3, 0.4) is 0 Å². The molecule has 0 saturated heterocycles. The third-order valence-electron chi connectivity index (χ3n) is 3.20. The van der Waals surface area contributed by atoms with E-state index in [4.69, 9.17) is 0 Å². The van der Waals surface area contributed by atoms with Gasteiger partial charge < -0.3 is 9.88 Å². The Bertz CT molecular complexity index is 505. The first-order valence-electron chi connectivity index (χ1n) is 6.33. The van der Waals surface area contributed by atoms with Crippen molar-refractivity contribution in [3.63, 3.8) is 0 Å². The SMILES string of the molecule is CCn1cccc1CNC(C)c1cccc(F)c1. The molecule has 1 N–H and O–H groups in total. The van der Waals surface area contributed by atoms with Crippen molar-refractivity contribution in [1.82, 2.24) is 9.88 Å². The molecule has 1 unspecified atom stereocenters. The number of rotatable bonds is 5. The molecule has 0 amide bonds. The van der Waals surface area contributed by atoms with Crippen LogP contribution in [0.15, 0.2) is 42.6 Å². The Kier molecular flexibility index (Phi) is 4.15. The smallest absolute Gasteiger partial charge is 0.123 e. The largest absolute Gasteiger partial charge is 0.351 e. The molecule has 2 aromatic rings. The molecule has 0 spiro atoms. The lowest BCUT2D eigenvalue weighted by Gasteiger charge is -2.15. The van der Waals surface area contributed by atoms with Gasteiger partial charge in [0, 0.05) is 31.0 Å². The van der Waals surface area contributed by atoms with E-state index in [9.17, 15) is 4.39 Å². The molecule has 0 bridgehead atoms. The molecule has 0 aliphatic carbocycles. The number of halogens is 1. The van der Waals surface area contributed by atoms with Crippen molar-refractivity contribution < 1.29 is 4.39 Å². The van der Waals surface area contributed by atoms with E-state index >= 15 is 0 Å². The molecular weight excluding hydrogens is 227 g/mol. The molecular formula is C15H19FN2. The van der Waals surface area contributed by atoms with Gasteiger partial charge in [-0.25, -0.2) is 4.39 Å². The first-order valence-corrected chi connectivity index (χ1v) is 6.33. The van der Waals surface area contributed by atoms with Crippen LogP contribution in [0, 0.1) is 5.82 Å². The zero-order valence-electron chi connectivity index (χ0n) is 10.9. The lowest BCUT2D eigenvalue weighted by Crippen LogP contribution is -2.20. The average molecular weight is 246 g/mol. The average Bonchev–Trinajstić information content (AvgIpc) is 2.83. The standard InChI is InChI=1S/C15H19FN2/c1-3-18-9-5-8-15(18)11-17-12(2)13-6-4-7-14(16)10-13/h4-10,12,17H,3,11H2,1-2H3. The van der Waals surface area contributed by atoms with E-state index in [1.807, 2.05) is 19.1 Å². The summed E-state index contributed by atoms with van der Waals surface area (Å²) in [7, 11) is 0. The molecule has 0 radical (unpaired) electrons. The van der Waals surface area contributed by atoms with Crippen LogP contribution in [0.2, 0.25) is 0 Å². The minimum atomic E-state index is -0.182. The zero-order chi connectivity index (χ0) is 13.0. The molecule has 0 aliphatic heterocycles. The van der Waals surface area contributed by atoms with Gasteiger partial charge in [0.2, 0.25) is 0 Å². The summed E-state index contributed by atoms with van der Waals surface area (Å²) in [6.45, 7) is 5.93. The maximum absolute atomic E-state index is 13.1. The van der Waals surface area contributed by atoms with Gasteiger partial charge in [0.25, 0.3) is 0 Å². The lowest BCUT2D eigenvalue weighted by atomic mass is 10.1. The number of hydrogen-bond donors (Lipinski definition) is 1. The highest BCUT2D eigenvalue weighted by Crippen LogP contribution is 2.14. The highest BCUT2D eigenvalue weighted by atomic mass is 19.1. The summed E-state index contributed by atoms with van der Waals surface area (Å²) in [5.74, 6) is -0.182. The molecule has 1 aromatic carbocycles. The topological polar surface area (TPSA) is 17.0 Å². The quantitative estimate of drug-likeness (QED) is 0.854. The van der Waals surface area contributed by atoms with Crippen molar-refractivity contribution in [2.75, 3.05) is 0 Å². The number of nitrogens with zero attached hydrogens (tertiary/aromatic N) is 1. The van der Waals surface area contributed by atoms with Gasteiger partial charge in [0.1, 0.15) is 5.82 Å². The fourth-order valence-electron chi connectivity index (χ4n) is 2.07. The van der Waals surface area contributed by atoms with Crippen LogP contribution in [-0.4, -0.2) is 4.57 Å². The zero-order valence-corrected chi connectivity index (χ0v) is 10.9. The number of nitrogens with one attached hydrogen (secondary N) is 1. The summed E-state index contributed by atoms with van der Waals surface area (Å²) < 4.78 is 15.3. The number of hydrogen-bond acceptors (Lipinski definition) is 1. The van der Waals surface area contributed by atoms with Gasteiger partial charge >= 0.3 is 0 Å². The van der Waals surface area contributed by atoms with E-state index in [1.54, 1.807) is 12.1 Å². The van der Waals surface area contributed by atoms with Crippen LogP contribution in [0.25, 0.3) is 0 Å². The van der Waals surface area contributed by atoms with Crippen molar-refractivity contribution in [3.8, 4) is 0 Å². The monoisotopic (exact) mass is 246 g/mol. The first-order chi connectivity index (χ1) is 8.70. The fraction of sp³-hybridized carbons (Fsp3) is 0.333. The van der Waals surface area contributed by atoms with E-state index in [2.05, 4.69) is 29.1 Å². The van der Waals surface area contributed by atoms with Gasteiger partial charge in [-0.3, -0.25) is 0 Å². The van der Waals surface area contributed by atoms with Gasteiger partial charge in [-0.2, -0.15) is 0 Å². The third kappa shape index (κ3) is 2.99. The van der Waals surface area contributed by atoms with Crippen LogP contribution in [0.1, 0.15) is 31.1 Å². The Morgan fingerprint density at radius 3 is 2.83 bits per heavy atom. The second kappa shape index (κ2) is 5.83. The Hall–Kier alpha value is -1.61. The highest BCUT2D eigenvalue weighted by molar-refractivity contribution is 5.19. The lowest BCUT2D eigenvalue weighted by molar-refractivity contribution is 0.544. The summed E-state index contributed by atoms with van der Waals surface area (Å²) in [6.07, 6.45) is 2.07. The van der Waals surface area contributed by atoms with Crippen LogP contribution >= 0.6 is 0 Å². The van der Waals surface area contributed by atoms with E-state index < -0.39 is 0 Å². The second-order valence-corrected chi connectivity index (χ2v) is 4.44. The normalized spacial score (nSPS) is 12.6. The second-order valence-electron chi connectivity index (χ2n) is 4.44. The summed E-state index contributed by atoms with van der Waals surface area (Å²) >= 11 is 0. The maximum atomic E-state index is 13.1. The third-order valence-corrected chi connectivity index (χ3v) is 3.20. The van der Waals surface area contributed by atoms with Gasteiger partial charge in [-0.1, -0.05) is 12.1 Å². The molecule has 2 nitrogen and oxygen atoms in total. The molecule has 2 rings (SSSR count). The summed E-state index contributed by atoms with van der Waals surface area (Å²) in [5, 5.41) is 3.42. The Morgan fingerprint density at radius 1 is 1.28 bits per heavy atom. The Morgan fingerprint density at radius 2 is 2.11 bits per heavy atom. The Labute approximate surface area is 107 Å². The van der Waals surface area contributed by atoms with E-state index in [-0.39, 0.29) is 11.9 Å². The molecule has 18 heavy (non-hydrogen) atoms. The minimum absolute atomic E-state index is 0.140. The van der Waals surface area contributed by atoms with E-state index in [1.165, 1.54) is 11.8 Å². The van der Waals surface area contributed by atoms with Gasteiger partial charge in [0.15, 0.2) is 0 Å². The van der Waals surface area contributed by atoms with Gasteiger partial charge in [-0.15, -0.1) is 0 Å². The van der Waals surface area contributed by atoms with Crippen LogP contribution in [-0.2, 0) is 13.1 Å². The van der Waals surface area contributed by atoms with E-state index in [0.29, 0.717) is 0 Å². The molecule has 0 saturated carbocycles. The van der Waals surface area contributed by atoms with Crippen molar-refractivity contribution in [2.45, 2.75) is 33.0 Å². The van der Waals surface area contributed by atoms with Crippen molar-refractivity contribution >= 4 is 0 Å². The first kappa shape index (κ1) is 12.8. The summed E-state index contributed by atoms with van der Waals surface area (Å²) in [4.78, 5) is 0. The van der Waals surface area contributed by atoms with Crippen molar-refractivity contribution in [2.24, 2.45) is 0 Å². The molecule has 0 aliphatic rings. The van der Waals surface area contributed by atoms with Crippen LogP contribution in [0.4, 0.5) is 4.39 Å². The van der Waals surface area contributed by atoms with Gasteiger partial charge in [-0.05, 0) is 43.7 Å². The van der Waals surface area contributed by atoms with Crippen molar-refractivity contribution in [3.05, 3.63) is 59.7 Å². The highest BCUT2D eigenvalue weighted by Gasteiger charge is 2.06. The Balaban J connectivity index is 1.98. The van der Waals surface area contributed by atoms with E-state index in [0.717, 1.165) is 18.7 Å².